The van der Waals surface area contributed by atoms with Crippen LogP contribution < -0.4 is 10.9 Å². The molecule has 1 saturated heterocycles. The summed E-state index contributed by atoms with van der Waals surface area (Å²) in [5, 5.41) is 4.30. The molecule has 0 radical (unpaired) electrons. The highest BCUT2D eigenvalue weighted by Gasteiger charge is 2.53. The molecule has 0 bridgehead atoms. The number of anilines is 1. The Kier molecular flexibility index (Phi) is 4.43. The average Bonchev–Trinajstić information content (AvgIpc) is 3.35. The maximum Gasteiger partial charge on any atom is 0.252 e. The van der Waals surface area contributed by atoms with E-state index in [1.165, 1.54) is 31.9 Å². The van der Waals surface area contributed by atoms with Crippen LogP contribution in [0.4, 0.5) is 5.95 Å². The van der Waals surface area contributed by atoms with Crippen molar-refractivity contribution < 1.29 is 4.21 Å². The van der Waals surface area contributed by atoms with E-state index >= 15 is 0 Å². The summed E-state index contributed by atoms with van der Waals surface area (Å²) in [7, 11) is -2.64. The van der Waals surface area contributed by atoms with Gasteiger partial charge in [-0.2, -0.15) is 4.98 Å². The molecule has 3 heterocycles. The van der Waals surface area contributed by atoms with E-state index in [0.717, 1.165) is 30.3 Å². The zero-order chi connectivity index (χ0) is 20.2. The van der Waals surface area contributed by atoms with Crippen LogP contribution in [0.3, 0.4) is 0 Å². The fourth-order valence-electron chi connectivity index (χ4n) is 5.21. The summed E-state index contributed by atoms with van der Waals surface area (Å²) in [6.07, 6.45) is 10.7. The molecule has 8 nitrogen and oxygen atoms in total. The van der Waals surface area contributed by atoms with E-state index in [0.29, 0.717) is 24.5 Å². The highest BCUT2D eigenvalue weighted by molar-refractivity contribution is 7.89. The van der Waals surface area contributed by atoms with Crippen molar-refractivity contribution in [3.05, 3.63) is 28.7 Å². The van der Waals surface area contributed by atoms with Crippen molar-refractivity contribution in [1.82, 2.24) is 18.8 Å². The number of piperidine rings is 1. The summed E-state index contributed by atoms with van der Waals surface area (Å²) in [6.45, 7) is 1.25. The molecule has 1 spiro atoms. The molecule has 2 saturated carbocycles. The van der Waals surface area contributed by atoms with Gasteiger partial charge in [-0.15, -0.1) is 0 Å². The van der Waals surface area contributed by atoms with Gasteiger partial charge in [-0.1, -0.05) is 6.42 Å². The van der Waals surface area contributed by atoms with E-state index < -0.39 is 9.92 Å². The van der Waals surface area contributed by atoms with Gasteiger partial charge < -0.3 is 5.32 Å². The lowest BCUT2D eigenvalue weighted by molar-refractivity contribution is 0.342. The van der Waals surface area contributed by atoms with Crippen LogP contribution in [-0.4, -0.2) is 48.4 Å². The molecule has 2 atom stereocenters. The quantitative estimate of drug-likeness (QED) is 0.798. The van der Waals surface area contributed by atoms with E-state index in [1.54, 1.807) is 16.6 Å². The molecule has 0 aromatic carbocycles. The van der Waals surface area contributed by atoms with Crippen LogP contribution in [0, 0.1) is 10.2 Å². The van der Waals surface area contributed by atoms with Crippen molar-refractivity contribution in [2.24, 2.45) is 5.41 Å². The lowest BCUT2D eigenvalue weighted by Gasteiger charge is -2.32. The van der Waals surface area contributed by atoms with Gasteiger partial charge in [0.05, 0.1) is 0 Å². The summed E-state index contributed by atoms with van der Waals surface area (Å²) in [5.41, 5.74) is 1.07. The third-order valence-electron chi connectivity index (χ3n) is 7.01. The lowest BCUT2D eigenvalue weighted by Crippen LogP contribution is -2.41. The zero-order valence-corrected chi connectivity index (χ0v) is 17.6. The number of rotatable bonds is 4. The fourth-order valence-corrected chi connectivity index (χ4v) is 6.11. The van der Waals surface area contributed by atoms with Crippen LogP contribution in [0.2, 0.25) is 0 Å². The van der Waals surface area contributed by atoms with Crippen LogP contribution in [0.1, 0.15) is 51.0 Å². The summed E-state index contributed by atoms with van der Waals surface area (Å²) in [5.74, 6) is 0.543. The molecule has 3 fully saturated rings. The van der Waals surface area contributed by atoms with Gasteiger partial charge in [-0.25, -0.2) is 18.3 Å². The standard InChI is InChI=1S/C20H28N6O2S/c1-29(21,28)25-11-6-15(7-12-25)23-19-22-13-14-4-5-17(27)26(18(14)24-19)16-3-2-8-20(16)9-10-20/h4-5,13,15-16,21H,2-3,6-12H2,1H3,(H,22,23,24)/t16-,29?/m0/s1. The van der Waals surface area contributed by atoms with Crippen molar-refractivity contribution in [3.8, 4) is 0 Å². The number of nitrogens with zero attached hydrogens (tertiary/aromatic N) is 4. The highest BCUT2D eigenvalue weighted by atomic mass is 32.2. The third-order valence-corrected chi connectivity index (χ3v) is 8.36. The smallest absolute Gasteiger partial charge is 0.252 e. The summed E-state index contributed by atoms with van der Waals surface area (Å²) in [6, 6.07) is 3.89. The van der Waals surface area contributed by atoms with Gasteiger partial charge in [-0.05, 0) is 50.0 Å². The maximum absolute atomic E-state index is 12.8. The largest absolute Gasteiger partial charge is 0.351 e. The van der Waals surface area contributed by atoms with E-state index in [4.69, 9.17) is 9.76 Å². The van der Waals surface area contributed by atoms with Crippen molar-refractivity contribution >= 4 is 26.9 Å². The second-order valence-electron chi connectivity index (χ2n) is 8.93. The second kappa shape index (κ2) is 6.77. The van der Waals surface area contributed by atoms with Crippen molar-refractivity contribution in [2.75, 3.05) is 24.7 Å². The predicted octanol–water partition coefficient (Wildman–Crippen LogP) is 2.76. The number of fused-ring (bicyclic) bond motifs is 1. The minimum absolute atomic E-state index is 0.0294. The minimum Gasteiger partial charge on any atom is -0.351 e. The molecule has 2 N–H and O–H groups in total. The van der Waals surface area contributed by atoms with Gasteiger partial charge in [0.2, 0.25) is 5.95 Å². The zero-order valence-electron chi connectivity index (χ0n) is 16.8. The Balaban J connectivity index is 1.42. The first-order chi connectivity index (χ1) is 13.9. The van der Waals surface area contributed by atoms with Crippen LogP contribution in [0.25, 0.3) is 11.0 Å². The fraction of sp³-hybridized carbons (Fsp3) is 0.650. The Morgan fingerprint density at radius 2 is 1.97 bits per heavy atom. The second-order valence-corrected chi connectivity index (χ2v) is 11.1. The Bertz CT molecular complexity index is 1100. The molecule has 9 heteroatoms. The Morgan fingerprint density at radius 1 is 1.21 bits per heavy atom. The highest BCUT2D eigenvalue weighted by Crippen LogP contribution is 2.63. The predicted molar refractivity (Wildman–Crippen MR) is 113 cm³/mol. The monoisotopic (exact) mass is 416 g/mol. The normalized spacial score (nSPS) is 26.6. The molecule has 2 aromatic heterocycles. The van der Waals surface area contributed by atoms with Gasteiger partial charge in [0.1, 0.15) is 15.6 Å². The molecule has 1 aliphatic heterocycles. The van der Waals surface area contributed by atoms with E-state index in [-0.39, 0.29) is 17.6 Å². The van der Waals surface area contributed by atoms with E-state index in [1.807, 2.05) is 10.6 Å². The van der Waals surface area contributed by atoms with Gasteiger partial charge in [0, 0.05) is 49.1 Å². The number of hydrogen-bond acceptors (Lipinski definition) is 6. The molecule has 5 rings (SSSR count). The number of aromatic nitrogens is 3. The van der Waals surface area contributed by atoms with Crippen molar-refractivity contribution in [2.45, 2.75) is 57.0 Å². The molecular formula is C20H28N6O2S. The molecule has 2 aliphatic carbocycles. The molecule has 1 unspecified atom stereocenters. The van der Waals surface area contributed by atoms with Crippen molar-refractivity contribution in [3.63, 3.8) is 0 Å². The number of hydrogen-bond donors (Lipinski definition) is 2. The third kappa shape index (κ3) is 3.44. The van der Waals surface area contributed by atoms with E-state index in [2.05, 4.69) is 10.3 Å². The first-order valence-electron chi connectivity index (χ1n) is 10.5. The molecule has 0 amide bonds. The number of pyridine rings is 1. The van der Waals surface area contributed by atoms with Crippen molar-refractivity contribution in [1.29, 1.82) is 4.78 Å². The van der Waals surface area contributed by atoms with Gasteiger partial charge >= 0.3 is 0 Å². The van der Waals surface area contributed by atoms with E-state index in [9.17, 15) is 9.00 Å². The maximum atomic E-state index is 12.8. The molecule has 3 aliphatic rings. The molecule has 29 heavy (non-hydrogen) atoms. The molecule has 2 aromatic rings. The molecule has 156 valence electrons. The van der Waals surface area contributed by atoms with Crippen LogP contribution in [0.5, 0.6) is 0 Å². The summed E-state index contributed by atoms with van der Waals surface area (Å²) < 4.78 is 23.3. The van der Waals surface area contributed by atoms with Crippen LogP contribution >= 0.6 is 0 Å². The summed E-state index contributed by atoms with van der Waals surface area (Å²) >= 11 is 0. The first-order valence-corrected chi connectivity index (χ1v) is 12.4. The Morgan fingerprint density at radius 3 is 2.66 bits per heavy atom. The topological polar surface area (TPSA) is 104 Å². The first kappa shape index (κ1) is 19.0. The average molecular weight is 417 g/mol. The van der Waals surface area contributed by atoms with Crippen LogP contribution in [-0.2, 0) is 9.92 Å². The SMILES string of the molecule is CS(=N)(=O)N1CCC(Nc2ncc3ccc(=O)n([C@H]4CCCC45CC5)c3n2)CC1. The summed E-state index contributed by atoms with van der Waals surface area (Å²) in [4.78, 5) is 22.0. The van der Waals surface area contributed by atoms with Gasteiger partial charge in [-0.3, -0.25) is 9.36 Å². The van der Waals surface area contributed by atoms with Gasteiger partial charge in [0.25, 0.3) is 5.56 Å². The van der Waals surface area contributed by atoms with Crippen LogP contribution in [0.15, 0.2) is 23.1 Å². The minimum atomic E-state index is -2.64. The Hall–Kier alpha value is -2.00. The Labute approximate surface area is 170 Å². The lowest BCUT2D eigenvalue weighted by atomic mass is 10.00. The number of nitrogens with one attached hydrogen (secondary N) is 2. The van der Waals surface area contributed by atoms with Gasteiger partial charge in [0.15, 0.2) is 0 Å². The molecular weight excluding hydrogens is 388 g/mol.